The second kappa shape index (κ2) is 10.9. The molecule has 1 saturated heterocycles. The Hall–Kier alpha value is -4.61. The van der Waals surface area contributed by atoms with Crippen molar-refractivity contribution < 1.29 is 22.8 Å². The van der Waals surface area contributed by atoms with Gasteiger partial charge in [0.2, 0.25) is 0 Å². The first-order valence-corrected chi connectivity index (χ1v) is 12.8. The first-order chi connectivity index (χ1) is 19.1. The number of aromatic nitrogens is 3. The summed E-state index contributed by atoms with van der Waals surface area (Å²) in [4.78, 5) is 41.0. The third-order valence-corrected chi connectivity index (χ3v) is 6.97. The fraction of sp³-hybridized carbons (Fsp3) is 0.286. The number of alkyl halides is 3. The summed E-state index contributed by atoms with van der Waals surface area (Å²) in [6.45, 7) is 3.17. The molecule has 12 heteroatoms. The largest absolute Gasteiger partial charge is 0.416 e. The number of carbonyl (C=O) groups excluding carboxylic acids is 2. The van der Waals surface area contributed by atoms with Crippen LogP contribution in [0.5, 0.6) is 0 Å². The Morgan fingerprint density at radius 3 is 2.50 bits per heavy atom. The van der Waals surface area contributed by atoms with Crippen molar-refractivity contribution in [1.29, 1.82) is 0 Å². The summed E-state index contributed by atoms with van der Waals surface area (Å²) in [5, 5.41) is 6.14. The van der Waals surface area contributed by atoms with E-state index in [1.165, 1.54) is 23.4 Å². The lowest BCUT2D eigenvalue weighted by Crippen LogP contribution is -2.32. The molecule has 3 N–H and O–H groups in total. The zero-order chi connectivity index (χ0) is 28.4. The second-order valence-corrected chi connectivity index (χ2v) is 9.69. The van der Waals surface area contributed by atoms with Crippen LogP contribution >= 0.6 is 0 Å². The van der Waals surface area contributed by atoms with Gasteiger partial charge in [0.25, 0.3) is 5.91 Å². The van der Waals surface area contributed by atoms with E-state index in [1.807, 2.05) is 4.90 Å². The third kappa shape index (κ3) is 5.56. The number of hydrogen-bond acceptors (Lipinski definition) is 5. The molecule has 40 heavy (non-hydrogen) atoms. The molecule has 0 radical (unpaired) electrons. The number of anilines is 4. The van der Waals surface area contributed by atoms with Crippen LogP contribution < -0.4 is 20.4 Å². The van der Waals surface area contributed by atoms with Gasteiger partial charge in [0, 0.05) is 37.6 Å². The number of halogens is 3. The fourth-order valence-electron chi connectivity index (χ4n) is 4.74. The van der Waals surface area contributed by atoms with Gasteiger partial charge in [0.05, 0.1) is 22.3 Å². The highest BCUT2D eigenvalue weighted by molar-refractivity contribution is 6.09. The summed E-state index contributed by atoms with van der Waals surface area (Å²) in [6, 6.07) is 9.41. The summed E-state index contributed by atoms with van der Waals surface area (Å²) < 4.78 is 40.5. The van der Waals surface area contributed by atoms with Crippen LogP contribution in [0.4, 0.5) is 40.8 Å². The highest BCUT2D eigenvalue weighted by Crippen LogP contribution is 2.36. The van der Waals surface area contributed by atoms with Gasteiger partial charge >= 0.3 is 12.2 Å². The zero-order valence-electron chi connectivity index (χ0n) is 22.0. The molecule has 3 amide bonds. The van der Waals surface area contributed by atoms with Crippen molar-refractivity contribution in [2.75, 3.05) is 40.6 Å². The number of fused-ring (bicyclic) bond motifs is 1. The predicted octanol–water partition coefficient (Wildman–Crippen LogP) is 6.20. The van der Waals surface area contributed by atoms with E-state index >= 15 is 0 Å². The summed E-state index contributed by atoms with van der Waals surface area (Å²) in [6.07, 6.45) is 1.40. The number of H-pyrrole nitrogens is 1. The van der Waals surface area contributed by atoms with E-state index in [0.717, 1.165) is 31.4 Å². The minimum atomic E-state index is -4.55. The molecule has 4 aromatic rings. The van der Waals surface area contributed by atoms with Gasteiger partial charge in [-0.2, -0.15) is 13.2 Å². The monoisotopic (exact) mass is 551 g/mol. The average Bonchev–Trinajstić information content (AvgIpc) is 3.43. The van der Waals surface area contributed by atoms with Crippen LogP contribution in [0.15, 0.2) is 55.0 Å². The summed E-state index contributed by atoms with van der Waals surface area (Å²) in [7, 11) is 1.56. The molecule has 9 nitrogen and oxygen atoms in total. The molecule has 0 unspecified atom stereocenters. The minimum absolute atomic E-state index is 0.0897. The van der Waals surface area contributed by atoms with Gasteiger partial charge in [0.15, 0.2) is 0 Å². The Morgan fingerprint density at radius 2 is 1.75 bits per heavy atom. The molecule has 0 aliphatic carbocycles. The van der Waals surface area contributed by atoms with Crippen molar-refractivity contribution in [2.24, 2.45) is 0 Å². The molecule has 0 bridgehead atoms. The molecule has 1 aliphatic rings. The van der Waals surface area contributed by atoms with Gasteiger partial charge in [-0.3, -0.25) is 9.69 Å². The van der Waals surface area contributed by atoms with Crippen LogP contribution in [0.2, 0.25) is 0 Å². The molecule has 1 aliphatic heterocycles. The molecular formula is C28H28F3N7O2. The van der Waals surface area contributed by atoms with Gasteiger partial charge in [-0.05, 0) is 68.1 Å². The lowest BCUT2D eigenvalue weighted by Gasteiger charge is -2.31. The summed E-state index contributed by atoms with van der Waals surface area (Å²) >= 11 is 0. The van der Waals surface area contributed by atoms with Crippen molar-refractivity contribution in [3.05, 3.63) is 71.7 Å². The number of hydrogen-bond donors (Lipinski definition) is 3. The Balaban J connectivity index is 1.38. The first kappa shape index (κ1) is 27.0. The number of urea groups is 1. The Labute approximate surface area is 228 Å². The smallest absolute Gasteiger partial charge is 0.370 e. The Kier molecular flexibility index (Phi) is 7.33. The van der Waals surface area contributed by atoms with Crippen LogP contribution in [0.3, 0.4) is 0 Å². The summed E-state index contributed by atoms with van der Waals surface area (Å²) in [5.41, 5.74) is 1.63. The standard InChI is InChI=1S/C28H28F3N7O2/c1-17-6-7-18(14-21(17)36-27(40)37(2)25-20-10-11-32-24(20)33-16-34-25)26(39)35-22-15-19(28(29,30)31)8-9-23(22)38-12-4-3-5-13-38/h6-11,14-16H,3-5,12-13H2,1-2H3,(H,35,39)(H,36,40)(H,32,33,34). The maximum Gasteiger partial charge on any atom is 0.416 e. The molecule has 2 aromatic heterocycles. The number of aryl methyl sites for hydroxylation is 1. The third-order valence-electron chi connectivity index (χ3n) is 6.97. The van der Waals surface area contributed by atoms with E-state index in [-0.39, 0.29) is 11.3 Å². The molecule has 5 rings (SSSR count). The normalized spacial score (nSPS) is 13.8. The van der Waals surface area contributed by atoms with Gasteiger partial charge in [-0.1, -0.05) is 6.07 Å². The molecule has 208 valence electrons. The molecular weight excluding hydrogens is 523 g/mol. The topological polar surface area (TPSA) is 106 Å². The second-order valence-electron chi connectivity index (χ2n) is 9.69. The molecule has 3 heterocycles. The van der Waals surface area contributed by atoms with Crippen molar-refractivity contribution in [3.63, 3.8) is 0 Å². The van der Waals surface area contributed by atoms with E-state index in [9.17, 15) is 22.8 Å². The van der Waals surface area contributed by atoms with Crippen molar-refractivity contribution in [3.8, 4) is 0 Å². The van der Waals surface area contributed by atoms with Gasteiger partial charge in [-0.25, -0.2) is 14.8 Å². The highest BCUT2D eigenvalue weighted by Gasteiger charge is 2.32. The van der Waals surface area contributed by atoms with Crippen molar-refractivity contribution in [2.45, 2.75) is 32.4 Å². The first-order valence-electron chi connectivity index (χ1n) is 12.8. The maximum atomic E-state index is 13.5. The zero-order valence-corrected chi connectivity index (χ0v) is 22.0. The Bertz CT molecular complexity index is 1560. The SMILES string of the molecule is Cc1ccc(C(=O)Nc2cc(C(F)(F)F)ccc2N2CCCCC2)cc1NC(=O)N(C)c1ncnc2[nH]ccc12. The minimum Gasteiger partial charge on any atom is -0.370 e. The van der Waals surface area contributed by atoms with Crippen molar-refractivity contribution >= 4 is 45.9 Å². The number of carbonyl (C=O) groups is 2. The van der Waals surface area contributed by atoms with E-state index < -0.39 is 23.7 Å². The van der Waals surface area contributed by atoms with Crippen LogP contribution in [0.25, 0.3) is 11.0 Å². The quantitative estimate of drug-likeness (QED) is 0.274. The van der Waals surface area contributed by atoms with Crippen LogP contribution in [0, 0.1) is 6.92 Å². The molecule has 2 aromatic carbocycles. The number of rotatable bonds is 5. The summed E-state index contributed by atoms with van der Waals surface area (Å²) in [5.74, 6) is -0.198. The van der Waals surface area contributed by atoms with Crippen LogP contribution in [0.1, 0.15) is 40.7 Å². The highest BCUT2D eigenvalue weighted by atomic mass is 19.4. The average molecular weight is 552 g/mol. The van der Waals surface area contributed by atoms with Crippen LogP contribution in [-0.4, -0.2) is 47.0 Å². The lowest BCUT2D eigenvalue weighted by molar-refractivity contribution is -0.137. The Morgan fingerprint density at radius 1 is 0.975 bits per heavy atom. The van der Waals surface area contributed by atoms with Gasteiger partial charge < -0.3 is 20.5 Å². The maximum absolute atomic E-state index is 13.5. The molecule has 0 atom stereocenters. The van der Waals surface area contributed by atoms with Crippen LogP contribution in [-0.2, 0) is 6.18 Å². The van der Waals surface area contributed by atoms with E-state index in [0.29, 0.717) is 46.9 Å². The van der Waals surface area contributed by atoms with E-state index in [2.05, 4.69) is 25.6 Å². The number of piperidine rings is 1. The van der Waals surface area contributed by atoms with Gasteiger partial charge in [-0.15, -0.1) is 0 Å². The van der Waals surface area contributed by atoms with Gasteiger partial charge in [0.1, 0.15) is 17.8 Å². The lowest BCUT2D eigenvalue weighted by atomic mass is 10.1. The molecule has 0 spiro atoms. The number of aromatic amines is 1. The molecule has 1 fully saturated rings. The number of nitrogens with one attached hydrogen (secondary N) is 3. The molecule has 0 saturated carbocycles. The number of benzene rings is 2. The van der Waals surface area contributed by atoms with E-state index in [4.69, 9.17) is 0 Å². The van der Waals surface area contributed by atoms with E-state index in [1.54, 1.807) is 38.4 Å². The predicted molar refractivity (Wildman–Crippen MR) is 148 cm³/mol. The number of amides is 3. The fourth-order valence-corrected chi connectivity index (χ4v) is 4.74. The van der Waals surface area contributed by atoms with Crippen molar-refractivity contribution in [1.82, 2.24) is 15.0 Å². The number of nitrogens with zero attached hydrogens (tertiary/aromatic N) is 4.